The fourth-order valence-electron chi connectivity index (χ4n) is 3.03. The predicted octanol–water partition coefficient (Wildman–Crippen LogP) is 4.28. The third-order valence-corrected chi connectivity index (χ3v) is 4.92. The Hall–Kier alpha value is -2.77. The van der Waals surface area contributed by atoms with Gasteiger partial charge >= 0.3 is 0 Å². The minimum atomic E-state index is -0.251. The highest BCUT2D eigenvalue weighted by Crippen LogP contribution is 2.37. The van der Waals surface area contributed by atoms with Crippen LogP contribution in [0.3, 0.4) is 0 Å². The summed E-state index contributed by atoms with van der Waals surface area (Å²) in [6.45, 7) is 1.43. The van der Waals surface area contributed by atoms with Crippen molar-refractivity contribution in [2.24, 2.45) is 0 Å². The number of rotatable bonds is 4. The molecule has 6 nitrogen and oxygen atoms in total. The van der Waals surface area contributed by atoms with Gasteiger partial charge in [0.05, 0.1) is 18.2 Å². The van der Waals surface area contributed by atoms with Crippen LogP contribution < -0.4 is 14.8 Å². The van der Waals surface area contributed by atoms with Crippen LogP contribution in [0.5, 0.6) is 11.5 Å². The van der Waals surface area contributed by atoms with Crippen molar-refractivity contribution >= 4 is 29.7 Å². The van der Waals surface area contributed by atoms with E-state index in [-0.39, 0.29) is 5.91 Å². The molecule has 28 heavy (non-hydrogen) atoms. The zero-order valence-corrected chi connectivity index (χ0v) is 16.5. The third kappa shape index (κ3) is 3.76. The van der Waals surface area contributed by atoms with Crippen molar-refractivity contribution in [1.29, 1.82) is 0 Å². The van der Waals surface area contributed by atoms with Gasteiger partial charge < -0.3 is 19.8 Å². The first kappa shape index (κ1) is 18.6. The number of hydrogen-bond donors (Lipinski definition) is 2. The molecule has 0 saturated heterocycles. The van der Waals surface area contributed by atoms with Crippen LogP contribution in [0.25, 0.3) is 5.69 Å². The summed E-state index contributed by atoms with van der Waals surface area (Å²) in [6.07, 6.45) is 2.40. The summed E-state index contributed by atoms with van der Waals surface area (Å²) in [5, 5.41) is 3.38. The summed E-state index contributed by atoms with van der Waals surface area (Å²) in [4.78, 5) is 15.7. The number of hydrogen-bond acceptors (Lipinski definition) is 4. The highest BCUT2D eigenvalue weighted by Gasteiger charge is 2.17. The molecule has 0 radical (unpaired) electrons. The molecule has 8 heteroatoms. The average molecular weight is 416 g/mol. The number of carbonyl (C=O) groups is 1. The van der Waals surface area contributed by atoms with Gasteiger partial charge in [-0.15, -0.1) is 0 Å². The van der Waals surface area contributed by atoms with Gasteiger partial charge in [0.2, 0.25) is 0 Å². The summed E-state index contributed by atoms with van der Waals surface area (Å²) >= 11 is 11.6. The van der Waals surface area contributed by atoms with Crippen LogP contribution in [0, 0.1) is 4.77 Å². The Morgan fingerprint density at radius 1 is 1.21 bits per heavy atom. The molecule has 0 aliphatic carbocycles. The Labute approximate surface area is 172 Å². The lowest BCUT2D eigenvalue weighted by atomic mass is 10.2. The van der Waals surface area contributed by atoms with Crippen molar-refractivity contribution in [2.75, 3.05) is 13.2 Å². The van der Waals surface area contributed by atoms with Gasteiger partial charge in [0.15, 0.2) is 16.3 Å². The molecule has 0 fully saturated rings. The van der Waals surface area contributed by atoms with Gasteiger partial charge in [0.25, 0.3) is 5.91 Å². The Bertz CT molecular complexity index is 1060. The number of nitrogens with zero attached hydrogens (tertiary/aromatic N) is 1. The van der Waals surface area contributed by atoms with Gasteiger partial charge in [-0.1, -0.05) is 29.8 Å². The number of aromatic amines is 1. The summed E-state index contributed by atoms with van der Waals surface area (Å²) < 4.78 is 13.5. The van der Waals surface area contributed by atoms with Crippen molar-refractivity contribution in [1.82, 2.24) is 14.9 Å². The lowest BCUT2D eigenvalue weighted by molar-refractivity contribution is 0.0944. The number of carbonyl (C=O) groups excluding carboxylic acids is 1. The van der Waals surface area contributed by atoms with Gasteiger partial charge in [-0.2, -0.15) is 0 Å². The monoisotopic (exact) mass is 415 g/mol. The van der Waals surface area contributed by atoms with E-state index in [0.29, 0.717) is 46.7 Å². The molecule has 3 aromatic rings. The number of fused-ring (bicyclic) bond motifs is 1. The molecule has 144 valence electrons. The molecule has 4 rings (SSSR count). The normalized spacial score (nSPS) is 13.0. The maximum atomic E-state index is 12.8. The quantitative estimate of drug-likeness (QED) is 0.624. The molecule has 2 heterocycles. The first-order chi connectivity index (χ1) is 13.6. The summed E-state index contributed by atoms with van der Waals surface area (Å²) in [5.41, 5.74) is 2.07. The van der Waals surface area contributed by atoms with Crippen LogP contribution >= 0.6 is 23.8 Å². The smallest absolute Gasteiger partial charge is 0.270 e. The van der Waals surface area contributed by atoms with E-state index in [1.807, 2.05) is 36.4 Å². The van der Waals surface area contributed by atoms with E-state index in [4.69, 9.17) is 33.3 Å². The Balaban J connectivity index is 1.54. The third-order valence-electron chi connectivity index (χ3n) is 4.34. The fourth-order valence-corrected chi connectivity index (χ4v) is 3.58. The second-order valence-electron chi connectivity index (χ2n) is 6.29. The van der Waals surface area contributed by atoms with E-state index >= 15 is 0 Å². The van der Waals surface area contributed by atoms with Gasteiger partial charge in [0.1, 0.15) is 5.69 Å². The number of nitrogens with one attached hydrogen (secondary N) is 2. The van der Waals surface area contributed by atoms with Crippen molar-refractivity contribution in [3.8, 4) is 17.2 Å². The van der Waals surface area contributed by atoms with E-state index < -0.39 is 0 Å². The molecule has 1 aliphatic rings. The lowest BCUT2D eigenvalue weighted by Crippen LogP contribution is -2.25. The second kappa shape index (κ2) is 8.08. The average Bonchev–Trinajstić information content (AvgIpc) is 2.93. The van der Waals surface area contributed by atoms with Crippen LogP contribution in [0.15, 0.2) is 48.7 Å². The highest BCUT2D eigenvalue weighted by atomic mass is 35.5. The number of amides is 1. The number of imidazole rings is 1. The first-order valence-corrected chi connectivity index (χ1v) is 9.64. The maximum Gasteiger partial charge on any atom is 0.270 e. The fraction of sp³-hybridized carbons (Fsp3) is 0.200. The Morgan fingerprint density at radius 2 is 2.00 bits per heavy atom. The molecule has 0 bridgehead atoms. The van der Waals surface area contributed by atoms with Crippen LogP contribution in [-0.4, -0.2) is 28.7 Å². The lowest BCUT2D eigenvalue weighted by Gasteiger charge is -2.13. The van der Waals surface area contributed by atoms with E-state index in [0.717, 1.165) is 17.7 Å². The first-order valence-electron chi connectivity index (χ1n) is 8.85. The van der Waals surface area contributed by atoms with E-state index in [1.54, 1.807) is 16.8 Å². The van der Waals surface area contributed by atoms with Crippen LogP contribution in [-0.2, 0) is 6.54 Å². The highest BCUT2D eigenvalue weighted by molar-refractivity contribution is 7.71. The molecule has 0 atom stereocenters. The number of benzene rings is 2. The molecular formula is C20H18ClN3O3S. The predicted molar refractivity (Wildman–Crippen MR) is 109 cm³/mol. The van der Waals surface area contributed by atoms with Crippen molar-refractivity contribution in [3.63, 3.8) is 0 Å². The zero-order valence-electron chi connectivity index (χ0n) is 14.9. The van der Waals surface area contributed by atoms with Crippen LogP contribution in [0.4, 0.5) is 0 Å². The molecule has 1 aromatic heterocycles. The molecule has 1 amide bonds. The number of para-hydroxylation sites is 1. The number of halogens is 1. The summed E-state index contributed by atoms with van der Waals surface area (Å²) in [7, 11) is 0. The molecular weight excluding hydrogens is 398 g/mol. The number of aromatic nitrogens is 2. The minimum Gasteiger partial charge on any atom is -0.489 e. The molecule has 1 aliphatic heterocycles. The van der Waals surface area contributed by atoms with Gasteiger partial charge in [-0.05, 0) is 42.0 Å². The molecule has 0 unspecified atom stereocenters. The van der Waals surface area contributed by atoms with Crippen LogP contribution in [0.1, 0.15) is 22.5 Å². The maximum absolute atomic E-state index is 12.8. The summed E-state index contributed by atoms with van der Waals surface area (Å²) in [6, 6.07) is 13.1. The second-order valence-corrected chi connectivity index (χ2v) is 7.08. The summed E-state index contributed by atoms with van der Waals surface area (Å²) in [5.74, 6) is 0.903. The topological polar surface area (TPSA) is 68.3 Å². The van der Waals surface area contributed by atoms with Crippen LogP contribution in [0.2, 0.25) is 5.02 Å². The molecule has 0 saturated carbocycles. The standard InChI is InChI=1S/C20H18ClN3O3S/c21-15-9-13(10-17-18(15)27-8-4-7-26-17)11-22-19(25)16-12-23-20(28)24(16)14-5-2-1-3-6-14/h1-3,5-6,9-10,12H,4,7-8,11H2,(H,22,25)(H,23,28). The van der Waals surface area contributed by atoms with E-state index in [1.165, 1.54) is 0 Å². The SMILES string of the molecule is O=C(NCc1cc(Cl)c2c(c1)OCCCO2)c1c[nH]c(=S)n1-c1ccccc1. The molecule has 2 N–H and O–H groups in total. The van der Waals surface area contributed by atoms with E-state index in [2.05, 4.69) is 10.3 Å². The van der Waals surface area contributed by atoms with Crippen molar-refractivity contribution < 1.29 is 14.3 Å². The molecule has 0 spiro atoms. The van der Waals surface area contributed by atoms with Crippen molar-refractivity contribution in [3.05, 3.63) is 69.7 Å². The number of ether oxygens (including phenoxy) is 2. The van der Waals surface area contributed by atoms with Gasteiger partial charge in [0, 0.05) is 24.8 Å². The van der Waals surface area contributed by atoms with Gasteiger partial charge in [-0.25, -0.2) is 0 Å². The number of H-pyrrole nitrogens is 1. The Morgan fingerprint density at radius 3 is 2.82 bits per heavy atom. The zero-order chi connectivity index (χ0) is 19.5. The van der Waals surface area contributed by atoms with Gasteiger partial charge in [-0.3, -0.25) is 9.36 Å². The largest absolute Gasteiger partial charge is 0.489 e. The van der Waals surface area contributed by atoms with Crippen molar-refractivity contribution in [2.45, 2.75) is 13.0 Å². The van der Waals surface area contributed by atoms with E-state index in [9.17, 15) is 4.79 Å². The molecule has 2 aromatic carbocycles. The minimum absolute atomic E-state index is 0.251. The Kier molecular flexibility index (Phi) is 5.36.